The van der Waals surface area contributed by atoms with Crippen LogP contribution in [0.15, 0.2) is 0 Å². The largest absolute Gasteiger partial charge is 0.388 e. The van der Waals surface area contributed by atoms with Crippen molar-refractivity contribution >= 4 is 5.91 Å². The molecule has 1 amide bonds. The van der Waals surface area contributed by atoms with Crippen molar-refractivity contribution in [1.29, 1.82) is 0 Å². The van der Waals surface area contributed by atoms with Crippen molar-refractivity contribution in [2.24, 2.45) is 0 Å². The number of carbonyl (C=O) groups excluding carboxylic acids is 1. The summed E-state index contributed by atoms with van der Waals surface area (Å²) >= 11 is 0. The second-order valence-electron chi connectivity index (χ2n) is 3.95. The number of amides is 1. The van der Waals surface area contributed by atoms with Gasteiger partial charge in [-0.3, -0.25) is 4.79 Å². The molecule has 0 radical (unpaired) electrons. The molecule has 1 aliphatic heterocycles. The lowest BCUT2D eigenvalue weighted by Crippen LogP contribution is -2.57. The Morgan fingerprint density at radius 2 is 2.46 bits per heavy atom. The minimum absolute atomic E-state index is 0.0198. The monoisotopic (exact) mass is 185 g/mol. The molecule has 1 aliphatic carbocycles. The van der Waals surface area contributed by atoms with Crippen LogP contribution in [0, 0.1) is 0 Å². The molecule has 2 fully saturated rings. The number of aliphatic hydroxyl groups excluding tert-OH is 1. The summed E-state index contributed by atoms with van der Waals surface area (Å²) in [7, 11) is 0. The predicted octanol–water partition coefficient (Wildman–Crippen LogP) is -0.195. The number of hydrogen-bond acceptors (Lipinski definition) is 3. The Labute approximate surface area is 77.3 Å². The lowest BCUT2D eigenvalue weighted by atomic mass is 9.91. The lowest BCUT2D eigenvalue weighted by molar-refractivity contribution is -0.122. The molecule has 13 heavy (non-hydrogen) atoms. The Morgan fingerprint density at radius 3 is 3.15 bits per heavy atom. The van der Waals surface area contributed by atoms with Crippen LogP contribution in [0.25, 0.3) is 0 Å². The minimum atomic E-state index is -0.538. The summed E-state index contributed by atoms with van der Waals surface area (Å²) in [5.41, 5.74) is -0.480. The molecule has 1 saturated heterocycles. The highest BCUT2D eigenvalue weighted by molar-refractivity contribution is 5.74. The van der Waals surface area contributed by atoms with Crippen molar-refractivity contribution in [3.05, 3.63) is 0 Å². The van der Waals surface area contributed by atoms with Crippen LogP contribution in [-0.2, 0) is 9.53 Å². The van der Waals surface area contributed by atoms with Crippen LogP contribution < -0.4 is 5.32 Å². The Kier molecular flexibility index (Phi) is 2.04. The number of carbonyl (C=O) groups is 1. The Hall–Kier alpha value is -0.610. The number of aliphatic hydroxyl groups is 1. The van der Waals surface area contributed by atoms with Crippen LogP contribution in [-0.4, -0.2) is 35.4 Å². The zero-order valence-electron chi connectivity index (χ0n) is 7.75. The van der Waals surface area contributed by atoms with Gasteiger partial charge in [0.2, 0.25) is 5.91 Å². The van der Waals surface area contributed by atoms with Gasteiger partial charge in [-0.2, -0.15) is 0 Å². The molecule has 1 saturated carbocycles. The van der Waals surface area contributed by atoms with Gasteiger partial charge in [0.1, 0.15) is 6.10 Å². The Morgan fingerprint density at radius 1 is 1.69 bits per heavy atom. The average Bonchev–Trinajstić information content (AvgIpc) is 2.53. The first-order valence-electron chi connectivity index (χ1n) is 4.73. The molecule has 74 valence electrons. The second kappa shape index (κ2) is 2.96. The molecule has 4 heteroatoms. The van der Waals surface area contributed by atoms with E-state index in [0.29, 0.717) is 6.61 Å². The molecule has 0 aromatic carbocycles. The maximum atomic E-state index is 11.0. The van der Waals surface area contributed by atoms with E-state index in [4.69, 9.17) is 4.74 Å². The SMILES string of the molecule is CC(=O)NC12CCCC1OCC2O. The van der Waals surface area contributed by atoms with Crippen LogP contribution in [0.2, 0.25) is 0 Å². The highest BCUT2D eigenvalue weighted by Crippen LogP contribution is 2.39. The van der Waals surface area contributed by atoms with Crippen LogP contribution in [0.1, 0.15) is 26.2 Å². The summed E-state index contributed by atoms with van der Waals surface area (Å²) < 4.78 is 5.43. The van der Waals surface area contributed by atoms with Gasteiger partial charge in [-0.15, -0.1) is 0 Å². The van der Waals surface area contributed by atoms with Gasteiger partial charge in [0, 0.05) is 6.92 Å². The van der Waals surface area contributed by atoms with Gasteiger partial charge in [0.05, 0.1) is 18.2 Å². The molecule has 2 N–H and O–H groups in total. The van der Waals surface area contributed by atoms with E-state index in [9.17, 15) is 9.90 Å². The molecular weight excluding hydrogens is 170 g/mol. The first-order valence-corrected chi connectivity index (χ1v) is 4.73. The maximum Gasteiger partial charge on any atom is 0.217 e. The van der Waals surface area contributed by atoms with E-state index < -0.39 is 11.6 Å². The zero-order valence-corrected chi connectivity index (χ0v) is 7.75. The van der Waals surface area contributed by atoms with Crippen molar-refractivity contribution in [2.75, 3.05) is 6.61 Å². The smallest absolute Gasteiger partial charge is 0.217 e. The summed E-state index contributed by atoms with van der Waals surface area (Å²) in [6.07, 6.45) is 2.27. The quantitative estimate of drug-likeness (QED) is 0.595. The first kappa shape index (κ1) is 8.97. The van der Waals surface area contributed by atoms with Crippen LogP contribution >= 0.6 is 0 Å². The van der Waals surface area contributed by atoms with E-state index >= 15 is 0 Å². The van der Waals surface area contributed by atoms with E-state index in [-0.39, 0.29) is 12.0 Å². The van der Waals surface area contributed by atoms with Crippen molar-refractivity contribution < 1.29 is 14.6 Å². The molecular formula is C9H15NO3. The zero-order chi connectivity index (χ0) is 9.47. The third kappa shape index (κ3) is 1.25. The Balaban J connectivity index is 2.19. The van der Waals surface area contributed by atoms with Crippen LogP contribution in [0.3, 0.4) is 0 Å². The van der Waals surface area contributed by atoms with E-state index in [1.165, 1.54) is 6.92 Å². The number of nitrogens with one attached hydrogen (secondary N) is 1. The fourth-order valence-electron chi connectivity index (χ4n) is 2.52. The van der Waals surface area contributed by atoms with Crippen molar-refractivity contribution in [1.82, 2.24) is 5.32 Å². The van der Waals surface area contributed by atoms with Crippen LogP contribution in [0.4, 0.5) is 0 Å². The van der Waals surface area contributed by atoms with Gasteiger partial charge < -0.3 is 15.2 Å². The number of ether oxygens (including phenoxy) is 1. The van der Waals surface area contributed by atoms with Gasteiger partial charge in [-0.1, -0.05) is 0 Å². The molecule has 0 aromatic heterocycles. The summed E-state index contributed by atoms with van der Waals surface area (Å²) in [5, 5.41) is 12.6. The maximum absolute atomic E-state index is 11.0. The van der Waals surface area contributed by atoms with Gasteiger partial charge in [-0.05, 0) is 19.3 Å². The minimum Gasteiger partial charge on any atom is -0.388 e. The van der Waals surface area contributed by atoms with E-state index in [2.05, 4.69) is 5.32 Å². The molecule has 1 heterocycles. The van der Waals surface area contributed by atoms with Crippen molar-refractivity contribution in [3.8, 4) is 0 Å². The third-order valence-corrected chi connectivity index (χ3v) is 3.09. The molecule has 0 aromatic rings. The third-order valence-electron chi connectivity index (χ3n) is 3.09. The molecule has 2 rings (SSSR count). The number of rotatable bonds is 1. The summed E-state index contributed by atoms with van der Waals surface area (Å²) in [6.45, 7) is 1.83. The molecule has 3 atom stereocenters. The van der Waals surface area contributed by atoms with Crippen molar-refractivity contribution in [3.63, 3.8) is 0 Å². The highest BCUT2D eigenvalue weighted by atomic mass is 16.5. The van der Waals surface area contributed by atoms with E-state index in [0.717, 1.165) is 19.3 Å². The molecule has 0 spiro atoms. The highest BCUT2D eigenvalue weighted by Gasteiger charge is 2.54. The molecule has 3 unspecified atom stereocenters. The first-order chi connectivity index (χ1) is 6.15. The van der Waals surface area contributed by atoms with Crippen molar-refractivity contribution in [2.45, 2.75) is 43.9 Å². The van der Waals surface area contributed by atoms with Gasteiger partial charge in [0.25, 0.3) is 0 Å². The van der Waals surface area contributed by atoms with Gasteiger partial charge in [-0.25, -0.2) is 0 Å². The fraction of sp³-hybridized carbons (Fsp3) is 0.889. The second-order valence-corrected chi connectivity index (χ2v) is 3.95. The molecule has 2 aliphatic rings. The topological polar surface area (TPSA) is 58.6 Å². The standard InChI is InChI=1S/C9H15NO3/c1-6(11)10-9-4-2-3-8(9)13-5-7(9)12/h7-8,12H,2-5H2,1H3,(H,10,11). The summed E-state index contributed by atoms with van der Waals surface area (Å²) in [5.74, 6) is -0.0866. The summed E-state index contributed by atoms with van der Waals surface area (Å²) in [4.78, 5) is 11.0. The van der Waals surface area contributed by atoms with E-state index in [1.54, 1.807) is 0 Å². The number of hydrogen-bond donors (Lipinski definition) is 2. The Bertz CT molecular complexity index is 231. The fourth-order valence-corrected chi connectivity index (χ4v) is 2.52. The normalized spacial score (nSPS) is 43.2. The molecule has 0 bridgehead atoms. The number of fused-ring (bicyclic) bond motifs is 1. The molecule has 4 nitrogen and oxygen atoms in total. The average molecular weight is 185 g/mol. The van der Waals surface area contributed by atoms with Crippen LogP contribution in [0.5, 0.6) is 0 Å². The lowest BCUT2D eigenvalue weighted by Gasteiger charge is -2.31. The van der Waals surface area contributed by atoms with Gasteiger partial charge >= 0.3 is 0 Å². The summed E-state index contributed by atoms with van der Waals surface area (Å²) in [6, 6.07) is 0. The predicted molar refractivity (Wildman–Crippen MR) is 46.1 cm³/mol. The van der Waals surface area contributed by atoms with Gasteiger partial charge in [0.15, 0.2) is 0 Å². The van der Waals surface area contributed by atoms with E-state index in [1.807, 2.05) is 0 Å².